The third kappa shape index (κ3) is 8.54. The van der Waals surface area contributed by atoms with Crippen molar-refractivity contribution in [2.75, 3.05) is 26.0 Å². The summed E-state index contributed by atoms with van der Waals surface area (Å²) in [4.78, 5) is 32.0. The van der Waals surface area contributed by atoms with Gasteiger partial charge in [-0.15, -0.1) is 0 Å². The van der Waals surface area contributed by atoms with Crippen LogP contribution in [0.4, 0.5) is 17.6 Å². The van der Waals surface area contributed by atoms with E-state index in [0.29, 0.717) is 32.0 Å². The van der Waals surface area contributed by atoms with Crippen molar-refractivity contribution < 1.29 is 45.7 Å². The minimum Gasteiger partial charge on any atom is -0.336 e. The lowest BCUT2D eigenvalue weighted by Gasteiger charge is -2.28. The van der Waals surface area contributed by atoms with Crippen LogP contribution in [0.3, 0.4) is 0 Å². The largest absolute Gasteiger partial charge is 0.416 e. The molecule has 5 rings (SSSR count). The normalized spacial score (nSPS) is 19.5. The molecule has 0 bridgehead atoms. The number of rotatable bonds is 13. The van der Waals surface area contributed by atoms with Gasteiger partial charge in [0, 0.05) is 47.5 Å². The summed E-state index contributed by atoms with van der Waals surface area (Å²) in [6.07, 6.45) is -4.61. The molecule has 3 aromatic carbocycles. The number of thioether (sulfide) groups is 1. The van der Waals surface area contributed by atoms with Crippen LogP contribution < -0.4 is 5.56 Å². The van der Waals surface area contributed by atoms with Crippen molar-refractivity contribution in [1.29, 1.82) is 0 Å². The predicted octanol–water partition coefficient (Wildman–Crippen LogP) is 7.53. The number of fused-ring (bicyclic) bond motifs is 1. The molecular weight excluding hydrogens is 640 g/mol. The van der Waals surface area contributed by atoms with Crippen LogP contribution in [-0.4, -0.2) is 51.2 Å². The zero-order chi connectivity index (χ0) is 49.5. The van der Waals surface area contributed by atoms with E-state index < -0.39 is 144 Å². The van der Waals surface area contributed by atoms with E-state index in [-0.39, 0.29) is 39.5 Å². The Morgan fingerprint density at radius 2 is 1.69 bits per heavy atom. The molecule has 0 fully saturated rings. The van der Waals surface area contributed by atoms with E-state index in [0.717, 1.165) is 35.8 Å². The number of hydrogen-bond donors (Lipinski definition) is 0. The summed E-state index contributed by atoms with van der Waals surface area (Å²) in [7, 11) is 0. The molecule has 0 N–H and O–H groups in total. The topological polar surface area (TPSA) is 58.4 Å². The molecular formula is C37H40F4N4O2S. The van der Waals surface area contributed by atoms with Gasteiger partial charge in [0.2, 0.25) is 5.91 Å². The second kappa shape index (κ2) is 15.5. The predicted molar refractivity (Wildman–Crippen MR) is 181 cm³/mol. The molecule has 0 unspecified atom stereocenters. The van der Waals surface area contributed by atoms with Crippen LogP contribution in [0.2, 0.25) is 0 Å². The molecule has 4 aromatic rings. The number of carbonyl (C=O) groups is 1. The Labute approximate surface area is 306 Å². The first-order valence-corrected chi connectivity index (χ1v) is 15.3. The van der Waals surface area contributed by atoms with Crippen molar-refractivity contribution in [1.82, 2.24) is 19.4 Å². The number of carbonyl (C=O) groups excluding carboxylic acids is 1. The summed E-state index contributed by atoms with van der Waals surface area (Å²) >= 11 is 0.309. The quantitative estimate of drug-likeness (QED) is 0.0822. The van der Waals surface area contributed by atoms with Gasteiger partial charge in [0.25, 0.3) is 5.56 Å². The third-order valence-corrected chi connectivity index (χ3v) is 8.00. The molecule has 0 atom stereocenters. The van der Waals surface area contributed by atoms with E-state index in [4.69, 9.17) is 20.6 Å². The van der Waals surface area contributed by atoms with Crippen LogP contribution in [0.5, 0.6) is 0 Å². The lowest BCUT2D eigenvalue weighted by atomic mass is 9.98. The molecule has 1 aliphatic carbocycles. The highest BCUT2D eigenvalue weighted by atomic mass is 32.2. The van der Waals surface area contributed by atoms with Crippen molar-refractivity contribution in [3.8, 4) is 11.1 Å². The molecule has 1 heterocycles. The van der Waals surface area contributed by atoms with Gasteiger partial charge >= 0.3 is 6.18 Å². The van der Waals surface area contributed by atoms with Gasteiger partial charge in [-0.05, 0) is 85.2 Å². The van der Waals surface area contributed by atoms with E-state index in [9.17, 15) is 29.9 Å². The Balaban J connectivity index is 1.75. The van der Waals surface area contributed by atoms with E-state index in [1.165, 1.54) is 0 Å². The van der Waals surface area contributed by atoms with Gasteiger partial charge in [-0.2, -0.15) is 18.2 Å². The number of amides is 1. The third-order valence-electron chi connectivity index (χ3n) is 7.17. The minimum absolute atomic E-state index is 0.0416. The van der Waals surface area contributed by atoms with Crippen LogP contribution in [-0.2, 0) is 42.6 Å². The van der Waals surface area contributed by atoms with E-state index in [1.807, 2.05) is 0 Å². The fourth-order valence-electron chi connectivity index (χ4n) is 4.80. The summed E-state index contributed by atoms with van der Waals surface area (Å²) in [5, 5.41) is -0.454. The Bertz CT molecular complexity index is 2550. The Hall–Kier alpha value is -3.96. The Kier molecular flexibility index (Phi) is 6.23. The van der Waals surface area contributed by atoms with Gasteiger partial charge in [-0.3, -0.25) is 9.59 Å². The van der Waals surface area contributed by atoms with Crippen molar-refractivity contribution in [2.45, 2.75) is 70.2 Å². The number of nitrogens with zero attached hydrogens (tertiary/aromatic N) is 4. The molecule has 0 saturated heterocycles. The first-order valence-electron chi connectivity index (χ1n) is 23.0. The molecule has 0 aliphatic heterocycles. The van der Waals surface area contributed by atoms with Gasteiger partial charge < -0.3 is 14.4 Å². The maximum Gasteiger partial charge on any atom is 0.416 e. The molecule has 1 amide bonds. The highest BCUT2D eigenvalue weighted by molar-refractivity contribution is 7.98. The molecule has 1 aliphatic rings. The molecule has 1 aromatic heterocycles. The number of alkyl halides is 3. The molecule has 0 spiro atoms. The summed E-state index contributed by atoms with van der Waals surface area (Å²) in [5.41, 5.74) is -8.30. The monoisotopic (exact) mass is 697 g/mol. The second-order valence-corrected chi connectivity index (χ2v) is 11.1. The van der Waals surface area contributed by atoms with Crippen molar-refractivity contribution in [3.63, 3.8) is 0 Å². The van der Waals surface area contributed by atoms with Crippen LogP contribution in [0, 0.1) is 12.7 Å². The standard InChI is InChI=1S/C37H40F4N4O2S/c1-4-43(5-2)19-20-44(22-26-9-13-28(14-10-26)29-15-18-32(25(3)21-29)37(39,40)41)34(46)23-45-33-8-6-7-31(33)35(47)42-36(45)48-24-27-11-16-30(38)17-12-27/h9-18,21H,4-8,19-20,22-24H2,1-3H3/i4D2,5D2,9D,10D,13D,14D,15D,18D,19D2,20D2,21D,24D2. The van der Waals surface area contributed by atoms with E-state index in [1.54, 1.807) is 0 Å². The zero-order valence-electron chi connectivity index (χ0n) is 42.9. The maximum absolute atomic E-state index is 14.9. The van der Waals surface area contributed by atoms with Gasteiger partial charge in [0.1, 0.15) is 12.4 Å². The van der Waals surface area contributed by atoms with Crippen LogP contribution >= 0.6 is 11.8 Å². The van der Waals surface area contributed by atoms with E-state index >= 15 is 0 Å². The van der Waals surface area contributed by atoms with Crippen LogP contribution in [0.15, 0.2) is 76.5 Å². The molecule has 0 saturated carbocycles. The highest BCUT2D eigenvalue weighted by Gasteiger charge is 2.32. The number of hydrogen-bond acceptors (Lipinski definition) is 5. The summed E-state index contributed by atoms with van der Waals surface area (Å²) < 4.78 is 204. The zero-order valence-corrected chi connectivity index (χ0v) is 26.7. The summed E-state index contributed by atoms with van der Waals surface area (Å²) in [6.45, 7) is -14.1. The average molecular weight is 698 g/mol. The summed E-state index contributed by atoms with van der Waals surface area (Å²) in [6, 6.07) is -4.08. The lowest BCUT2D eigenvalue weighted by molar-refractivity contribution is -0.138. The summed E-state index contributed by atoms with van der Waals surface area (Å²) in [5.74, 6) is -2.18. The second-order valence-electron chi connectivity index (χ2n) is 10.4. The number of benzene rings is 3. The first kappa shape index (κ1) is 19.3. The lowest BCUT2D eigenvalue weighted by Crippen LogP contribution is -2.40. The minimum atomic E-state index is -5.20. The molecule has 48 heavy (non-hydrogen) atoms. The smallest absolute Gasteiger partial charge is 0.336 e. The molecule has 11 heteroatoms. The molecule has 254 valence electrons. The number of halogens is 4. The van der Waals surface area contributed by atoms with Gasteiger partial charge in [-0.1, -0.05) is 74.0 Å². The SMILES string of the molecule is [2H]c1c([2H])c(-c2c([2H])c([2H])c(C(F)(F)F)c(C)c2[2H])c([2H])c([2H])c1CN(C(=O)Cn1c(SC([2H])([2H])c2ccc(F)cc2)nc(=O)c2c1CCC2)C([2H])([2H])C([2H])([2H])N(C([2H])([2H])C)C([2H])([2H])C. The fraction of sp³-hybridized carbons (Fsp3) is 0.378. The van der Waals surface area contributed by atoms with Crippen LogP contribution in [0.25, 0.3) is 11.1 Å². The first-order chi connectivity index (χ1) is 29.5. The van der Waals surface area contributed by atoms with Crippen molar-refractivity contribution in [2.24, 2.45) is 0 Å². The average Bonchev–Trinajstić information content (AvgIpc) is 3.65. The van der Waals surface area contributed by atoms with Gasteiger partial charge in [-0.25, -0.2) is 4.39 Å². The highest BCUT2D eigenvalue weighted by Crippen LogP contribution is 2.34. The number of likely N-dealkylation sites (N-methyl/N-ethyl adjacent to an activating group) is 1. The number of aromatic nitrogens is 2. The molecule has 6 nitrogen and oxygen atoms in total. The Morgan fingerprint density at radius 3 is 2.35 bits per heavy atom. The van der Waals surface area contributed by atoms with Crippen LogP contribution in [0.1, 0.15) is 77.1 Å². The maximum atomic E-state index is 14.9. The van der Waals surface area contributed by atoms with Gasteiger partial charge in [0.05, 0.1) is 17.9 Å². The van der Waals surface area contributed by atoms with Gasteiger partial charge in [0.15, 0.2) is 5.16 Å². The molecule has 0 radical (unpaired) electrons. The van der Waals surface area contributed by atoms with E-state index in [2.05, 4.69) is 4.98 Å². The Morgan fingerprint density at radius 1 is 1.00 bits per heavy atom. The van der Waals surface area contributed by atoms with Crippen molar-refractivity contribution >= 4 is 17.7 Å². The fourth-order valence-corrected chi connectivity index (χ4v) is 5.56. The van der Waals surface area contributed by atoms with Crippen molar-refractivity contribution in [3.05, 3.63) is 116 Å².